The first-order valence-electron chi connectivity index (χ1n) is 6.93. The smallest absolute Gasteiger partial charge is 0.240 e. The molecule has 2 heterocycles. The summed E-state index contributed by atoms with van der Waals surface area (Å²) in [6.45, 7) is 3.16. The molecule has 0 spiro atoms. The molecule has 3 rings (SSSR count). The average Bonchev–Trinajstić information content (AvgIpc) is 2.90. The summed E-state index contributed by atoms with van der Waals surface area (Å²) in [6.07, 6.45) is 1.75. The van der Waals surface area contributed by atoms with E-state index in [0.29, 0.717) is 0 Å². The molecule has 1 aliphatic heterocycles. The highest BCUT2D eigenvalue weighted by atomic mass is 35.5. The van der Waals surface area contributed by atoms with E-state index in [2.05, 4.69) is 4.98 Å². The van der Waals surface area contributed by atoms with Crippen molar-refractivity contribution >= 4 is 28.6 Å². The quantitative estimate of drug-likeness (QED) is 0.799. The third-order valence-electron chi connectivity index (χ3n) is 3.81. The van der Waals surface area contributed by atoms with Crippen LogP contribution in [0, 0.1) is 0 Å². The molecular formula is C15H17ClN2O2. The number of rotatable bonds is 2. The van der Waals surface area contributed by atoms with Crippen molar-refractivity contribution in [2.75, 3.05) is 13.1 Å². The third-order valence-corrected chi connectivity index (χ3v) is 3.99. The number of amides is 1. The number of piperidine rings is 1. The molecule has 4 nitrogen and oxygen atoms in total. The summed E-state index contributed by atoms with van der Waals surface area (Å²) < 4.78 is 5.81. The maximum Gasteiger partial charge on any atom is 0.240 e. The Labute approximate surface area is 122 Å². The first-order valence-corrected chi connectivity index (χ1v) is 7.37. The number of carbonyl (C=O) groups is 1. The van der Waals surface area contributed by atoms with E-state index in [0.717, 1.165) is 42.9 Å². The largest absolute Gasteiger partial charge is 0.440 e. The second-order valence-electron chi connectivity index (χ2n) is 5.24. The summed E-state index contributed by atoms with van der Waals surface area (Å²) in [4.78, 5) is 18.2. The number of likely N-dealkylation sites (tertiary alicyclic amines) is 1. The first-order chi connectivity index (χ1) is 9.65. The highest BCUT2D eigenvalue weighted by molar-refractivity contribution is 6.30. The lowest BCUT2D eigenvalue weighted by Crippen LogP contribution is -2.41. The Morgan fingerprint density at radius 3 is 2.75 bits per heavy atom. The van der Waals surface area contributed by atoms with Gasteiger partial charge in [0.2, 0.25) is 5.91 Å². The maximum absolute atomic E-state index is 11.8. The molecule has 2 aromatic rings. The summed E-state index contributed by atoms with van der Waals surface area (Å²) in [7, 11) is 0. The Morgan fingerprint density at radius 1 is 1.40 bits per heavy atom. The summed E-state index contributed by atoms with van der Waals surface area (Å²) in [5.74, 6) is 1.09. The fourth-order valence-corrected chi connectivity index (χ4v) is 2.80. The van der Waals surface area contributed by atoms with E-state index in [9.17, 15) is 4.79 Å². The van der Waals surface area contributed by atoms with Crippen molar-refractivity contribution in [3.05, 3.63) is 30.2 Å². The average molecular weight is 293 g/mol. The van der Waals surface area contributed by atoms with Gasteiger partial charge in [-0.3, -0.25) is 4.79 Å². The molecule has 1 fully saturated rings. The van der Waals surface area contributed by atoms with E-state index in [1.165, 1.54) is 0 Å². The molecule has 1 aromatic carbocycles. The molecule has 1 unspecified atom stereocenters. The van der Waals surface area contributed by atoms with Crippen molar-refractivity contribution in [2.24, 2.45) is 0 Å². The number of alkyl halides is 1. The number of hydrogen-bond acceptors (Lipinski definition) is 3. The lowest BCUT2D eigenvalue weighted by Gasteiger charge is -2.31. The minimum atomic E-state index is -0.448. The molecular weight excluding hydrogens is 276 g/mol. The van der Waals surface area contributed by atoms with Crippen molar-refractivity contribution < 1.29 is 9.21 Å². The number of carbonyl (C=O) groups excluding carboxylic acids is 1. The van der Waals surface area contributed by atoms with Gasteiger partial charge < -0.3 is 9.32 Å². The van der Waals surface area contributed by atoms with E-state index in [1.54, 1.807) is 6.92 Å². The minimum absolute atomic E-state index is 0.0164. The standard InChI is InChI=1S/C15H17ClN2O2/c1-10(16)15(19)18-8-6-11(7-9-18)14-17-12-4-2-3-5-13(12)20-14/h2-5,10-11H,6-9H2,1H3. The molecule has 1 atom stereocenters. The number of nitrogens with zero attached hydrogens (tertiary/aromatic N) is 2. The van der Waals surface area contributed by atoms with Crippen LogP contribution in [-0.2, 0) is 4.79 Å². The molecule has 1 aromatic heterocycles. The zero-order chi connectivity index (χ0) is 14.1. The van der Waals surface area contributed by atoms with Crippen molar-refractivity contribution in [3.63, 3.8) is 0 Å². The lowest BCUT2D eigenvalue weighted by molar-refractivity contribution is -0.131. The number of para-hydroxylation sites is 2. The molecule has 0 saturated carbocycles. The molecule has 1 saturated heterocycles. The predicted molar refractivity (Wildman–Crippen MR) is 77.9 cm³/mol. The van der Waals surface area contributed by atoms with Crippen molar-refractivity contribution in [1.29, 1.82) is 0 Å². The van der Waals surface area contributed by atoms with Crippen LogP contribution in [0.25, 0.3) is 11.1 Å². The van der Waals surface area contributed by atoms with Gasteiger partial charge in [-0.2, -0.15) is 0 Å². The Kier molecular flexibility index (Phi) is 3.66. The van der Waals surface area contributed by atoms with E-state index in [4.69, 9.17) is 16.0 Å². The predicted octanol–water partition coefficient (Wildman–Crippen LogP) is 3.16. The van der Waals surface area contributed by atoms with Crippen LogP contribution in [0.1, 0.15) is 31.6 Å². The Balaban J connectivity index is 1.70. The molecule has 0 bridgehead atoms. The van der Waals surface area contributed by atoms with Gasteiger partial charge in [0.05, 0.1) is 0 Å². The monoisotopic (exact) mass is 292 g/mol. The van der Waals surface area contributed by atoms with E-state index >= 15 is 0 Å². The molecule has 0 N–H and O–H groups in total. The van der Waals surface area contributed by atoms with Gasteiger partial charge in [-0.15, -0.1) is 11.6 Å². The Morgan fingerprint density at radius 2 is 2.10 bits per heavy atom. The SMILES string of the molecule is CC(Cl)C(=O)N1CCC(c2nc3ccccc3o2)CC1. The Bertz CT molecular complexity index is 582. The van der Waals surface area contributed by atoms with Crippen molar-refractivity contribution in [1.82, 2.24) is 9.88 Å². The summed E-state index contributed by atoms with van der Waals surface area (Å²) in [6, 6.07) is 7.79. The number of fused-ring (bicyclic) bond motifs is 1. The molecule has 1 aliphatic rings. The van der Waals surface area contributed by atoms with Crippen molar-refractivity contribution in [2.45, 2.75) is 31.1 Å². The Hall–Kier alpha value is -1.55. The zero-order valence-corrected chi connectivity index (χ0v) is 12.1. The lowest BCUT2D eigenvalue weighted by atomic mass is 9.96. The number of benzene rings is 1. The zero-order valence-electron chi connectivity index (χ0n) is 11.4. The highest BCUT2D eigenvalue weighted by Gasteiger charge is 2.28. The minimum Gasteiger partial charge on any atom is -0.440 e. The topological polar surface area (TPSA) is 46.3 Å². The first kappa shape index (κ1) is 13.4. The molecule has 5 heteroatoms. The third kappa shape index (κ3) is 2.52. The maximum atomic E-state index is 11.8. The van der Waals surface area contributed by atoms with E-state index in [-0.39, 0.29) is 11.8 Å². The molecule has 20 heavy (non-hydrogen) atoms. The van der Waals surface area contributed by atoms with Gasteiger partial charge in [0, 0.05) is 19.0 Å². The second kappa shape index (κ2) is 5.44. The number of oxazole rings is 1. The fraction of sp³-hybridized carbons (Fsp3) is 0.467. The number of hydrogen-bond donors (Lipinski definition) is 0. The van der Waals surface area contributed by atoms with Gasteiger partial charge in [0.25, 0.3) is 0 Å². The van der Waals surface area contributed by atoms with E-state index in [1.807, 2.05) is 29.2 Å². The van der Waals surface area contributed by atoms with Crippen LogP contribution in [-0.4, -0.2) is 34.3 Å². The second-order valence-corrected chi connectivity index (χ2v) is 5.89. The fourth-order valence-electron chi connectivity index (χ4n) is 2.66. The van der Waals surface area contributed by atoms with Crippen LogP contribution >= 0.6 is 11.6 Å². The van der Waals surface area contributed by atoms with Crippen molar-refractivity contribution in [3.8, 4) is 0 Å². The highest BCUT2D eigenvalue weighted by Crippen LogP contribution is 2.30. The van der Waals surface area contributed by atoms with Crippen LogP contribution in [0.4, 0.5) is 0 Å². The van der Waals surface area contributed by atoms with Crippen LogP contribution in [0.5, 0.6) is 0 Å². The van der Waals surface area contributed by atoms with Gasteiger partial charge in [-0.05, 0) is 31.9 Å². The molecule has 106 valence electrons. The van der Waals surface area contributed by atoms with Gasteiger partial charge >= 0.3 is 0 Å². The van der Waals surface area contributed by atoms with Crippen LogP contribution < -0.4 is 0 Å². The van der Waals surface area contributed by atoms with Gasteiger partial charge in [-0.25, -0.2) is 4.98 Å². The van der Waals surface area contributed by atoms with Crippen LogP contribution in [0.15, 0.2) is 28.7 Å². The van der Waals surface area contributed by atoms with Gasteiger partial charge in [0.15, 0.2) is 11.5 Å². The number of aromatic nitrogens is 1. The van der Waals surface area contributed by atoms with Gasteiger partial charge in [0.1, 0.15) is 10.9 Å². The normalized spacial score (nSPS) is 18.4. The molecule has 1 amide bonds. The number of halogens is 1. The van der Waals surface area contributed by atoms with Crippen LogP contribution in [0.3, 0.4) is 0 Å². The summed E-state index contributed by atoms with van der Waals surface area (Å²) in [5.41, 5.74) is 1.73. The van der Waals surface area contributed by atoms with Gasteiger partial charge in [-0.1, -0.05) is 12.1 Å². The molecule has 0 aliphatic carbocycles. The van der Waals surface area contributed by atoms with Crippen LogP contribution in [0.2, 0.25) is 0 Å². The summed E-state index contributed by atoms with van der Waals surface area (Å²) >= 11 is 5.85. The summed E-state index contributed by atoms with van der Waals surface area (Å²) in [5, 5.41) is -0.448. The van der Waals surface area contributed by atoms with E-state index < -0.39 is 5.38 Å². The molecule has 0 radical (unpaired) electrons.